The predicted octanol–water partition coefficient (Wildman–Crippen LogP) is 2.50. The second kappa shape index (κ2) is 3.81. The molecule has 6 heteroatoms. The number of alkyl halides is 3. The lowest BCUT2D eigenvalue weighted by Crippen LogP contribution is -2.18. The van der Waals surface area contributed by atoms with E-state index in [2.05, 4.69) is 14.7 Å². The average Bonchev–Trinajstić information content (AvgIpc) is 2.02. The highest BCUT2D eigenvalue weighted by atomic mass is 19.4. The predicted molar refractivity (Wildman–Crippen MR) is 42.8 cm³/mol. The zero-order chi connectivity index (χ0) is 10.8. The fraction of sp³-hybridized carbons (Fsp3) is 0.500. The molecule has 0 aromatic carbocycles. The minimum absolute atomic E-state index is 0.127. The summed E-state index contributed by atoms with van der Waals surface area (Å²) >= 11 is 0. The Morgan fingerprint density at radius 1 is 1.21 bits per heavy atom. The summed E-state index contributed by atoms with van der Waals surface area (Å²) in [4.78, 5) is 7.26. The van der Waals surface area contributed by atoms with Crippen LogP contribution in [0.2, 0.25) is 0 Å². The molecule has 0 saturated carbocycles. The summed E-state index contributed by atoms with van der Waals surface area (Å²) in [5, 5.41) is 0. The largest absolute Gasteiger partial charge is 0.574 e. The number of hydrogen-bond acceptors (Lipinski definition) is 3. The molecule has 0 aliphatic carbocycles. The van der Waals surface area contributed by atoms with E-state index in [4.69, 9.17) is 0 Å². The standard InChI is InChI=1S/C8H9F3N2O/c1-5(2)6-3-13-7(4-12-6)14-8(9,10)11/h3-5H,1-2H3. The Bertz CT molecular complexity index is 294. The first-order valence-corrected chi connectivity index (χ1v) is 3.96. The summed E-state index contributed by atoms with van der Waals surface area (Å²) in [5.41, 5.74) is 0.625. The summed E-state index contributed by atoms with van der Waals surface area (Å²) in [6.45, 7) is 3.74. The molecule has 0 aliphatic heterocycles. The molecule has 0 fully saturated rings. The second-order valence-corrected chi connectivity index (χ2v) is 2.98. The van der Waals surface area contributed by atoms with Gasteiger partial charge in [-0.25, -0.2) is 4.98 Å². The molecule has 0 aliphatic rings. The fourth-order valence-corrected chi connectivity index (χ4v) is 0.796. The number of hydrogen-bond donors (Lipinski definition) is 0. The molecule has 78 valence electrons. The molecule has 0 radical (unpaired) electrons. The van der Waals surface area contributed by atoms with Crippen LogP contribution in [0, 0.1) is 0 Å². The van der Waals surface area contributed by atoms with Gasteiger partial charge in [-0.15, -0.1) is 13.2 Å². The van der Waals surface area contributed by atoms with Crippen molar-refractivity contribution in [2.45, 2.75) is 26.1 Å². The minimum Gasteiger partial charge on any atom is -0.386 e. The Balaban J connectivity index is 2.74. The quantitative estimate of drug-likeness (QED) is 0.745. The smallest absolute Gasteiger partial charge is 0.386 e. The molecule has 1 heterocycles. The Morgan fingerprint density at radius 3 is 2.21 bits per heavy atom. The monoisotopic (exact) mass is 206 g/mol. The van der Waals surface area contributed by atoms with E-state index in [1.54, 1.807) is 0 Å². The van der Waals surface area contributed by atoms with Gasteiger partial charge in [-0.05, 0) is 5.92 Å². The van der Waals surface area contributed by atoms with Gasteiger partial charge in [-0.1, -0.05) is 13.8 Å². The van der Waals surface area contributed by atoms with Crippen LogP contribution in [0.4, 0.5) is 13.2 Å². The van der Waals surface area contributed by atoms with Crippen LogP contribution >= 0.6 is 0 Å². The van der Waals surface area contributed by atoms with Crippen LogP contribution in [0.15, 0.2) is 12.4 Å². The molecule has 0 bridgehead atoms. The average molecular weight is 206 g/mol. The van der Waals surface area contributed by atoms with E-state index < -0.39 is 12.2 Å². The summed E-state index contributed by atoms with van der Waals surface area (Å²) < 4.78 is 38.7. The third-order valence-electron chi connectivity index (χ3n) is 1.46. The normalized spacial score (nSPS) is 11.9. The maximum atomic E-state index is 11.7. The van der Waals surface area contributed by atoms with Crippen molar-refractivity contribution in [1.82, 2.24) is 9.97 Å². The van der Waals surface area contributed by atoms with E-state index in [0.29, 0.717) is 5.69 Å². The van der Waals surface area contributed by atoms with Gasteiger partial charge in [0.15, 0.2) is 0 Å². The first kappa shape index (κ1) is 10.7. The Kier molecular flexibility index (Phi) is 2.93. The number of aromatic nitrogens is 2. The molecule has 1 aromatic rings. The van der Waals surface area contributed by atoms with E-state index in [1.807, 2.05) is 13.8 Å². The van der Waals surface area contributed by atoms with Crippen LogP contribution in [0.1, 0.15) is 25.5 Å². The molecular weight excluding hydrogens is 197 g/mol. The molecule has 14 heavy (non-hydrogen) atoms. The number of nitrogens with zero attached hydrogens (tertiary/aromatic N) is 2. The van der Waals surface area contributed by atoms with Gasteiger partial charge in [0.25, 0.3) is 0 Å². The van der Waals surface area contributed by atoms with Gasteiger partial charge in [0.2, 0.25) is 5.88 Å². The van der Waals surface area contributed by atoms with Gasteiger partial charge in [0, 0.05) is 0 Å². The topological polar surface area (TPSA) is 35.0 Å². The van der Waals surface area contributed by atoms with Crippen molar-refractivity contribution in [2.24, 2.45) is 0 Å². The lowest BCUT2D eigenvalue weighted by Gasteiger charge is -2.08. The molecule has 0 spiro atoms. The van der Waals surface area contributed by atoms with Gasteiger partial charge < -0.3 is 4.74 Å². The lowest BCUT2D eigenvalue weighted by molar-refractivity contribution is -0.276. The number of rotatable bonds is 2. The molecule has 0 amide bonds. The Hall–Kier alpha value is -1.33. The van der Waals surface area contributed by atoms with Crippen molar-refractivity contribution in [1.29, 1.82) is 0 Å². The summed E-state index contributed by atoms with van der Waals surface area (Å²) in [6.07, 6.45) is -2.48. The zero-order valence-electron chi connectivity index (χ0n) is 7.67. The molecule has 1 rings (SSSR count). The van der Waals surface area contributed by atoms with E-state index in [-0.39, 0.29) is 5.92 Å². The van der Waals surface area contributed by atoms with E-state index in [1.165, 1.54) is 6.20 Å². The van der Waals surface area contributed by atoms with Crippen molar-refractivity contribution in [3.63, 3.8) is 0 Å². The van der Waals surface area contributed by atoms with Crippen molar-refractivity contribution >= 4 is 0 Å². The maximum Gasteiger partial charge on any atom is 0.574 e. The zero-order valence-corrected chi connectivity index (χ0v) is 7.67. The van der Waals surface area contributed by atoms with Gasteiger partial charge in [-0.3, -0.25) is 4.98 Å². The summed E-state index contributed by atoms with van der Waals surface area (Å²) in [6, 6.07) is 0. The van der Waals surface area contributed by atoms with Gasteiger partial charge in [0.1, 0.15) is 0 Å². The maximum absolute atomic E-state index is 11.7. The van der Waals surface area contributed by atoms with E-state index in [0.717, 1.165) is 6.20 Å². The van der Waals surface area contributed by atoms with Crippen LogP contribution in [-0.4, -0.2) is 16.3 Å². The molecular formula is C8H9F3N2O. The molecule has 3 nitrogen and oxygen atoms in total. The lowest BCUT2D eigenvalue weighted by atomic mass is 10.1. The van der Waals surface area contributed by atoms with Crippen LogP contribution < -0.4 is 4.74 Å². The molecule has 1 aromatic heterocycles. The van der Waals surface area contributed by atoms with Crippen LogP contribution in [0.3, 0.4) is 0 Å². The summed E-state index contributed by atoms with van der Waals surface area (Å²) in [5.74, 6) is -0.413. The number of halogens is 3. The highest BCUT2D eigenvalue weighted by Gasteiger charge is 2.31. The SMILES string of the molecule is CC(C)c1cnc(OC(F)(F)F)cn1. The number of ether oxygens (including phenoxy) is 1. The third kappa shape index (κ3) is 3.20. The van der Waals surface area contributed by atoms with Crippen LogP contribution in [0.25, 0.3) is 0 Å². The first-order chi connectivity index (χ1) is 6.38. The van der Waals surface area contributed by atoms with Crippen molar-refractivity contribution in [3.8, 4) is 5.88 Å². The van der Waals surface area contributed by atoms with Crippen molar-refractivity contribution in [2.75, 3.05) is 0 Å². The Morgan fingerprint density at radius 2 is 1.86 bits per heavy atom. The minimum atomic E-state index is -4.71. The van der Waals surface area contributed by atoms with Crippen molar-refractivity contribution < 1.29 is 17.9 Å². The second-order valence-electron chi connectivity index (χ2n) is 2.98. The molecule has 0 unspecified atom stereocenters. The van der Waals surface area contributed by atoms with E-state index >= 15 is 0 Å². The molecule has 0 atom stereocenters. The molecule has 0 saturated heterocycles. The van der Waals surface area contributed by atoms with Crippen LogP contribution in [0.5, 0.6) is 5.88 Å². The molecule has 0 N–H and O–H groups in total. The fourth-order valence-electron chi connectivity index (χ4n) is 0.796. The highest BCUT2D eigenvalue weighted by Crippen LogP contribution is 2.20. The van der Waals surface area contributed by atoms with Crippen molar-refractivity contribution in [3.05, 3.63) is 18.1 Å². The van der Waals surface area contributed by atoms with Gasteiger partial charge in [0.05, 0.1) is 18.1 Å². The first-order valence-electron chi connectivity index (χ1n) is 3.96. The van der Waals surface area contributed by atoms with E-state index in [9.17, 15) is 13.2 Å². The van der Waals surface area contributed by atoms with Crippen LogP contribution in [-0.2, 0) is 0 Å². The van der Waals surface area contributed by atoms with Gasteiger partial charge in [-0.2, -0.15) is 0 Å². The Labute approximate surface area is 78.9 Å². The summed E-state index contributed by atoms with van der Waals surface area (Å²) in [7, 11) is 0. The van der Waals surface area contributed by atoms with Gasteiger partial charge >= 0.3 is 6.36 Å². The highest BCUT2D eigenvalue weighted by molar-refractivity contribution is 5.09. The third-order valence-corrected chi connectivity index (χ3v) is 1.46.